The maximum Gasteiger partial charge on any atom is 0.0940 e. The first-order chi connectivity index (χ1) is 4.83. The Morgan fingerprint density at radius 2 is 2.60 bits per heavy atom. The third-order valence-electron chi connectivity index (χ3n) is 1.15. The predicted molar refractivity (Wildman–Crippen MR) is 47.6 cm³/mol. The molecule has 0 saturated carbocycles. The lowest BCUT2D eigenvalue weighted by Crippen LogP contribution is -2.24. The van der Waals surface area contributed by atoms with Gasteiger partial charge in [-0.2, -0.15) is 12.6 Å². The quantitative estimate of drug-likeness (QED) is 0.669. The van der Waals surface area contributed by atoms with E-state index in [1.807, 2.05) is 5.38 Å². The van der Waals surface area contributed by atoms with E-state index in [4.69, 9.17) is 5.73 Å². The molecule has 1 unspecified atom stereocenters. The number of thiazole rings is 1. The van der Waals surface area contributed by atoms with E-state index in [0.717, 1.165) is 17.2 Å². The molecule has 1 rings (SSSR count). The molecule has 0 aliphatic carbocycles. The van der Waals surface area contributed by atoms with Crippen LogP contribution in [-0.2, 0) is 6.42 Å². The highest BCUT2D eigenvalue weighted by atomic mass is 32.1. The molecule has 0 amide bonds. The molecule has 10 heavy (non-hydrogen) atoms. The number of rotatable bonds is 3. The zero-order chi connectivity index (χ0) is 7.40. The summed E-state index contributed by atoms with van der Waals surface area (Å²) < 4.78 is 0. The van der Waals surface area contributed by atoms with Gasteiger partial charge in [-0.05, 0) is 0 Å². The van der Waals surface area contributed by atoms with Gasteiger partial charge < -0.3 is 5.73 Å². The normalized spacial score (nSPS) is 13.4. The molecule has 0 fully saturated rings. The summed E-state index contributed by atoms with van der Waals surface area (Å²) in [6.45, 7) is 0. The zero-order valence-corrected chi connectivity index (χ0v) is 7.24. The van der Waals surface area contributed by atoms with Crippen LogP contribution in [0.2, 0.25) is 0 Å². The topological polar surface area (TPSA) is 38.9 Å². The SMILES string of the molecule is NC(CS)Cc1nccs1. The number of hydrogen-bond donors (Lipinski definition) is 2. The Hall–Kier alpha value is -0.0600. The summed E-state index contributed by atoms with van der Waals surface area (Å²) in [6.07, 6.45) is 2.65. The van der Waals surface area contributed by atoms with Crippen LogP contribution in [0.4, 0.5) is 0 Å². The molecule has 0 saturated heterocycles. The average molecular weight is 174 g/mol. The number of aromatic nitrogens is 1. The van der Waals surface area contributed by atoms with Crippen molar-refractivity contribution in [2.75, 3.05) is 5.75 Å². The van der Waals surface area contributed by atoms with Gasteiger partial charge in [0.25, 0.3) is 0 Å². The van der Waals surface area contributed by atoms with E-state index in [9.17, 15) is 0 Å². The van der Waals surface area contributed by atoms with Crippen molar-refractivity contribution in [3.8, 4) is 0 Å². The third kappa shape index (κ3) is 2.28. The Bertz CT molecular complexity index is 174. The molecule has 1 atom stereocenters. The van der Waals surface area contributed by atoms with Crippen molar-refractivity contribution in [2.24, 2.45) is 5.73 Å². The average Bonchev–Trinajstić information content (AvgIpc) is 2.40. The van der Waals surface area contributed by atoms with Crippen LogP contribution in [0.1, 0.15) is 5.01 Å². The van der Waals surface area contributed by atoms with E-state index in [0.29, 0.717) is 0 Å². The highest BCUT2D eigenvalue weighted by molar-refractivity contribution is 7.80. The number of hydrogen-bond acceptors (Lipinski definition) is 4. The van der Waals surface area contributed by atoms with Gasteiger partial charge in [0, 0.05) is 29.8 Å². The van der Waals surface area contributed by atoms with E-state index < -0.39 is 0 Å². The Kier molecular flexibility index (Phi) is 3.18. The van der Waals surface area contributed by atoms with Gasteiger partial charge in [-0.3, -0.25) is 0 Å². The molecule has 56 valence electrons. The van der Waals surface area contributed by atoms with Gasteiger partial charge in [-0.15, -0.1) is 11.3 Å². The fourth-order valence-corrected chi connectivity index (χ4v) is 1.48. The van der Waals surface area contributed by atoms with Crippen LogP contribution in [0, 0.1) is 0 Å². The molecule has 2 N–H and O–H groups in total. The molecule has 0 radical (unpaired) electrons. The van der Waals surface area contributed by atoms with Crippen LogP contribution >= 0.6 is 24.0 Å². The van der Waals surface area contributed by atoms with Gasteiger partial charge in [0.05, 0.1) is 5.01 Å². The number of thiol groups is 1. The second-order valence-corrected chi connectivity index (χ2v) is 3.42. The maximum atomic E-state index is 5.65. The predicted octanol–water partition coefficient (Wildman–Crippen LogP) is 0.943. The monoisotopic (exact) mass is 174 g/mol. The van der Waals surface area contributed by atoms with Crippen LogP contribution in [0.3, 0.4) is 0 Å². The van der Waals surface area contributed by atoms with Gasteiger partial charge in [0.1, 0.15) is 0 Å². The summed E-state index contributed by atoms with van der Waals surface area (Å²) in [6, 6.07) is 0.148. The van der Waals surface area contributed by atoms with Gasteiger partial charge in [0.2, 0.25) is 0 Å². The molecule has 1 aromatic heterocycles. The van der Waals surface area contributed by atoms with Crippen molar-refractivity contribution in [1.82, 2.24) is 4.98 Å². The highest BCUT2D eigenvalue weighted by Crippen LogP contribution is 2.06. The molecule has 0 bridgehead atoms. The van der Waals surface area contributed by atoms with Crippen LogP contribution in [0.25, 0.3) is 0 Å². The van der Waals surface area contributed by atoms with Crippen molar-refractivity contribution in [1.29, 1.82) is 0 Å². The van der Waals surface area contributed by atoms with E-state index >= 15 is 0 Å². The molecular weight excluding hydrogens is 164 g/mol. The molecule has 1 heterocycles. The third-order valence-corrected chi connectivity index (χ3v) is 2.43. The lowest BCUT2D eigenvalue weighted by molar-refractivity contribution is 0.746. The van der Waals surface area contributed by atoms with Crippen LogP contribution in [0.15, 0.2) is 11.6 Å². The number of nitrogens with zero attached hydrogens (tertiary/aromatic N) is 1. The Balaban J connectivity index is 2.40. The molecule has 1 aromatic rings. The van der Waals surface area contributed by atoms with Crippen molar-refractivity contribution in [2.45, 2.75) is 12.5 Å². The molecule has 0 aromatic carbocycles. The fraction of sp³-hybridized carbons (Fsp3) is 0.500. The second kappa shape index (κ2) is 3.95. The lowest BCUT2D eigenvalue weighted by Gasteiger charge is -2.03. The minimum Gasteiger partial charge on any atom is -0.327 e. The van der Waals surface area contributed by atoms with Crippen molar-refractivity contribution >= 4 is 24.0 Å². The van der Waals surface area contributed by atoms with E-state index in [2.05, 4.69) is 17.6 Å². The first-order valence-corrected chi connectivity index (χ1v) is 4.59. The van der Waals surface area contributed by atoms with Gasteiger partial charge in [-0.25, -0.2) is 4.98 Å². The summed E-state index contributed by atoms with van der Waals surface area (Å²) >= 11 is 5.72. The highest BCUT2D eigenvalue weighted by Gasteiger charge is 2.02. The van der Waals surface area contributed by atoms with Crippen molar-refractivity contribution in [3.63, 3.8) is 0 Å². The molecule has 0 aliphatic rings. The van der Waals surface area contributed by atoms with Gasteiger partial charge >= 0.3 is 0 Å². The summed E-state index contributed by atoms with van der Waals surface area (Å²) in [5, 5.41) is 3.06. The molecular formula is C6H10N2S2. The summed E-state index contributed by atoms with van der Waals surface area (Å²) in [5.41, 5.74) is 5.65. The summed E-state index contributed by atoms with van der Waals surface area (Å²) in [7, 11) is 0. The molecule has 0 aliphatic heterocycles. The van der Waals surface area contributed by atoms with Gasteiger partial charge in [0.15, 0.2) is 0 Å². The van der Waals surface area contributed by atoms with Gasteiger partial charge in [-0.1, -0.05) is 0 Å². The molecule has 4 heteroatoms. The first-order valence-electron chi connectivity index (χ1n) is 3.07. The van der Waals surface area contributed by atoms with E-state index in [-0.39, 0.29) is 6.04 Å². The minimum absolute atomic E-state index is 0.148. The first kappa shape index (κ1) is 8.04. The zero-order valence-electron chi connectivity index (χ0n) is 5.53. The van der Waals surface area contributed by atoms with Crippen molar-refractivity contribution < 1.29 is 0 Å². The smallest absolute Gasteiger partial charge is 0.0940 e. The Labute approximate surface area is 69.9 Å². The lowest BCUT2D eigenvalue weighted by atomic mass is 10.3. The number of nitrogens with two attached hydrogens (primary N) is 1. The summed E-state index contributed by atoms with van der Waals surface area (Å²) in [4.78, 5) is 4.11. The van der Waals surface area contributed by atoms with E-state index in [1.54, 1.807) is 17.5 Å². The molecule has 0 spiro atoms. The Morgan fingerprint density at radius 1 is 1.80 bits per heavy atom. The van der Waals surface area contributed by atoms with E-state index in [1.165, 1.54) is 0 Å². The standard InChI is InChI=1S/C6H10N2S2/c7-5(4-9)3-6-8-1-2-10-6/h1-2,5,9H,3-4,7H2. The van der Waals surface area contributed by atoms with Crippen LogP contribution in [0.5, 0.6) is 0 Å². The summed E-state index contributed by atoms with van der Waals surface area (Å²) in [5.74, 6) is 0.722. The Morgan fingerprint density at radius 3 is 3.10 bits per heavy atom. The minimum atomic E-state index is 0.148. The largest absolute Gasteiger partial charge is 0.327 e. The fourth-order valence-electron chi connectivity index (χ4n) is 0.643. The van der Waals surface area contributed by atoms with Crippen LogP contribution in [-0.4, -0.2) is 16.8 Å². The second-order valence-electron chi connectivity index (χ2n) is 2.07. The molecule has 2 nitrogen and oxygen atoms in total. The maximum absolute atomic E-state index is 5.65. The van der Waals surface area contributed by atoms with Crippen LogP contribution < -0.4 is 5.73 Å². The van der Waals surface area contributed by atoms with Crippen molar-refractivity contribution in [3.05, 3.63) is 16.6 Å².